The Morgan fingerprint density at radius 2 is 1.76 bits per heavy atom. The number of sulfonamides is 1. The molecule has 0 unspecified atom stereocenters. The number of halogens is 2. The number of hydrogen-bond donors (Lipinski definition) is 1. The second kappa shape index (κ2) is 9.11. The van der Waals surface area contributed by atoms with Crippen molar-refractivity contribution in [1.29, 1.82) is 0 Å². The molecule has 0 aromatic heterocycles. The molecular weight excluding hydrogens is 488 g/mol. The van der Waals surface area contributed by atoms with Gasteiger partial charge in [-0.1, -0.05) is 30.0 Å². The summed E-state index contributed by atoms with van der Waals surface area (Å²) in [6.45, 7) is 1.05. The van der Waals surface area contributed by atoms with Crippen molar-refractivity contribution in [2.45, 2.75) is 20.0 Å². The van der Waals surface area contributed by atoms with Gasteiger partial charge in [0.2, 0.25) is 0 Å². The van der Waals surface area contributed by atoms with E-state index >= 15 is 0 Å². The first-order valence-electron chi connectivity index (χ1n) is 9.93. The van der Waals surface area contributed by atoms with E-state index in [4.69, 9.17) is 4.74 Å². The Labute approximate surface area is 198 Å². The first-order valence-corrected chi connectivity index (χ1v) is 12.2. The normalized spacial score (nSPS) is 16.9. The van der Waals surface area contributed by atoms with E-state index in [1.165, 1.54) is 19.2 Å². The predicted molar refractivity (Wildman–Crippen MR) is 121 cm³/mol. The lowest BCUT2D eigenvalue weighted by molar-refractivity contribution is -0.117. The molecule has 3 amide bonds. The molecule has 0 saturated heterocycles. The van der Waals surface area contributed by atoms with Crippen molar-refractivity contribution in [1.82, 2.24) is 14.5 Å². The van der Waals surface area contributed by atoms with Crippen molar-refractivity contribution < 1.29 is 31.5 Å². The zero-order valence-corrected chi connectivity index (χ0v) is 19.7. The number of nitrogens with one attached hydrogen (secondary N) is 1. The van der Waals surface area contributed by atoms with Crippen molar-refractivity contribution >= 4 is 33.7 Å². The molecule has 1 N–H and O–H groups in total. The molecule has 2 aliphatic rings. The van der Waals surface area contributed by atoms with E-state index in [0.717, 1.165) is 34.4 Å². The summed E-state index contributed by atoms with van der Waals surface area (Å²) in [4.78, 5) is 26.8. The van der Waals surface area contributed by atoms with Crippen LogP contribution in [0.25, 0.3) is 0 Å². The molecule has 2 aliphatic heterocycles. The highest BCUT2D eigenvalue weighted by Gasteiger charge is 2.44. The summed E-state index contributed by atoms with van der Waals surface area (Å²) in [6.07, 6.45) is 1.27. The average Bonchev–Trinajstić information content (AvgIpc) is 3.27. The fraction of sp³-hybridized carbons (Fsp3) is 0.182. The number of allylic oxidation sites excluding steroid dienone is 1. The number of hydrogen-bond acceptors (Lipinski definition) is 6. The van der Waals surface area contributed by atoms with Gasteiger partial charge >= 0.3 is 6.03 Å². The molecule has 12 heteroatoms. The molecular formula is C22H19F2N3O5S2. The van der Waals surface area contributed by atoms with Gasteiger partial charge in [0.25, 0.3) is 15.9 Å². The predicted octanol–water partition coefficient (Wildman–Crippen LogP) is 3.63. The van der Waals surface area contributed by atoms with Crippen LogP contribution >= 0.6 is 11.8 Å². The Morgan fingerprint density at radius 3 is 2.41 bits per heavy atom. The third-order valence-corrected chi connectivity index (χ3v) is 8.38. The average molecular weight is 508 g/mol. The van der Waals surface area contributed by atoms with Crippen LogP contribution in [0.1, 0.15) is 18.1 Å². The molecule has 0 atom stereocenters. The maximum absolute atomic E-state index is 13.6. The smallest absolute Gasteiger partial charge is 0.343 e. The number of nitrogens with zero attached hydrogens (tertiary/aromatic N) is 2. The third kappa shape index (κ3) is 4.38. The summed E-state index contributed by atoms with van der Waals surface area (Å²) in [5.74, 6) is -2.04. The molecule has 0 bridgehead atoms. The minimum absolute atomic E-state index is 0.0976. The van der Waals surface area contributed by atoms with Crippen LogP contribution in [0.5, 0.6) is 5.75 Å². The standard InChI is InChI=1S/C22H19F2N3O5S2/c1-13-21-26(12-19(33-21)20(28)25-10-14-3-6-16(32-2)7-4-14)22(29)27(34(13,30)31)11-15-5-8-17(23)18(24)9-15/h3-9,12H,10-11H2,1-2H3,(H,25,28). The van der Waals surface area contributed by atoms with Gasteiger partial charge < -0.3 is 10.1 Å². The highest BCUT2D eigenvalue weighted by Crippen LogP contribution is 2.44. The maximum Gasteiger partial charge on any atom is 0.343 e. The molecule has 2 aromatic carbocycles. The second-order valence-corrected chi connectivity index (χ2v) is 10.4. The monoisotopic (exact) mass is 507 g/mol. The zero-order chi connectivity index (χ0) is 24.6. The molecule has 4 rings (SSSR count). The number of fused-ring (bicyclic) bond motifs is 1. The lowest BCUT2D eigenvalue weighted by Gasteiger charge is -2.32. The number of thioether (sulfide) groups is 1. The van der Waals surface area contributed by atoms with Gasteiger partial charge in [0.05, 0.1) is 23.5 Å². The van der Waals surface area contributed by atoms with Gasteiger partial charge in [-0.2, -0.15) is 0 Å². The topological polar surface area (TPSA) is 96.0 Å². The molecule has 0 spiro atoms. The Balaban J connectivity index is 1.53. The second-order valence-electron chi connectivity index (χ2n) is 7.40. The van der Waals surface area contributed by atoms with Crippen LogP contribution in [-0.4, -0.2) is 36.7 Å². The van der Waals surface area contributed by atoms with E-state index < -0.39 is 40.1 Å². The van der Waals surface area contributed by atoms with Gasteiger partial charge in [0.1, 0.15) is 10.8 Å². The van der Waals surface area contributed by atoms with Gasteiger partial charge in [-0.15, -0.1) is 0 Å². The van der Waals surface area contributed by atoms with E-state index in [0.29, 0.717) is 10.1 Å². The Morgan fingerprint density at radius 1 is 1.09 bits per heavy atom. The summed E-state index contributed by atoms with van der Waals surface area (Å²) in [5.41, 5.74) is 0.919. The van der Waals surface area contributed by atoms with Crippen LogP contribution in [0.15, 0.2) is 63.5 Å². The Bertz CT molecular complexity index is 1340. The highest BCUT2D eigenvalue weighted by atomic mass is 32.2. The summed E-state index contributed by atoms with van der Waals surface area (Å²) in [5, 5.41) is 2.83. The summed E-state index contributed by atoms with van der Waals surface area (Å²) < 4.78 is 58.4. The van der Waals surface area contributed by atoms with Crippen LogP contribution in [0.2, 0.25) is 0 Å². The van der Waals surface area contributed by atoms with Crippen LogP contribution in [0.4, 0.5) is 13.6 Å². The van der Waals surface area contributed by atoms with E-state index in [-0.39, 0.29) is 26.9 Å². The Hall–Kier alpha value is -3.38. The van der Waals surface area contributed by atoms with Crippen molar-refractivity contribution in [3.05, 3.63) is 86.3 Å². The quantitative estimate of drug-likeness (QED) is 0.642. The van der Waals surface area contributed by atoms with Gasteiger partial charge in [-0.05, 0) is 42.3 Å². The number of carbonyl (C=O) groups excluding carboxylic acids is 2. The van der Waals surface area contributed by atoms with E-state index in [1.807, 2.05) is 0 Å². The van der Waals surface area contributed by atoms with Crippen molar-refractivity contribution in [3.8, 4) is 5.75 Å². The molecule has 34 heavy (non-hydrogen) atoms. The number of urea groups is 1. The van der Waals surface area contributed by atoms with Crippen LogP contribution in [0.3, 0.4) is 0 Å². The number of benzene rings is 2. The molecule has 0 aliphatic carbocycles. The maximum atomic E-state index is 13.6. The summed E-state index contributed by atoms with van der Waals surface area (Å²) in [6, 6.07) is 9.05. The summed E-state index contributed by atoms with van der Waals surface area (Å²) in [7, 11) is -2.68. The number of ether oxygens (including phenoxy) is 1. The van der Waals surface area contributed by atoms with Gasteiger partial charge in [0.15, 0.2) is 11.6 Å². The SMILES string of the molecule is COc1ccc(CNC(=O)C2=CN3C(=O)N(Cc4ccc(F)c(F)c4)S(=O)(=O)C(C)=C3S2)cc1. The zero-order valence-electron chi connectivity index (χ0n) is 18.0. The van der Waals surface area contributed by atoms with E-state index in [1.54, 1.807) is 31.4 Å². The van der Waals surface area contributed by atoms with E-state index in [2.05, 4.69) is 5.32 Å². The first-order chi connectivity index (χ1) is 16.1. The molecule has 0 fully saturated rings. The van der Waals surface area contributed by atoms with Crippen molar-refractivity contribution in [3.63, 3.8) is 0 Å². The molecule has 0 saturated carbocycles. The van der Waals surface area contributed by atoms with Crippen LogP contribution in [0, 0.1) is 11.6 Å². The largest absolute Gasteiger partial charge is 0.497 e. The van der Waals surface area contributed by atoms with Gasteiger partial charge in [-0.25, -0.2) is 26.3 Å². The highest BCUT2D eigenvalue weighted by molar-refractivity contribution is 8.08. The van der Waals surface area contributed by atoms with E-state index in [9.17, 15) is 26.8 Å². The van der Waals surface area contributed by atoms with Gasteiger partial charge in [-0.3, -0.25) is 9.69 Å². The van der Waals surface area contributed by atoms with Crippen molar-refractivity contribution in [2.24, 2.45) is 0 Å². The fourth-order valence-electron chi connectivity index (χ4n) is 3.31. The third-order valence-electron chi connectivity index (χ3n) is 5.22. The molecule has 178 valence electrons. The van der Waals surface area contributed by atoms with Gasteiger partial charge in [0, 0.05) is 12.7 Å². The molecule has 2 heterocycles. The molecule has 8 nitrogen and oxygen atoms in total. The summed E-state index contributed by atoms with van der Waals surface area (Å²) >= 11 is 0.869. The number of carbonyl (C=O) groups is 2. The first kappa shape index (κ1) is 23.8. The van der Waals surface area contributed by atoms with Crippen LogP contribution < -0.4 is 10.1 Å². The fourth-order valence-corrected chi connectivity index (χ4v) is 5.92. The van der Waals surface area contributed by atoms with Crippen LogP contribution in [-0.2, 0) is 27.9 Å². The number of rotatable bonds is 6. The number of amides is 3. The minimum Gasteiger partial charge on any atom is -0.497 e. The molecule has 0 radical (unpaired) electrons. The lowest BCUT2D eigenvalue weighted by atomic mass is 10.2. The molecule has 2 aromatic rings. The van der Waals surface area contributed by atoms with Crippen molar-refractivity contribution in [2.75, 3.05) is 7.11 Å². The Kier molecular flexibility index (Phi) is 6.36. The lowest BCUT2D eigenvalue weighted by Crippen LogP contribution is -2.46. The number of methoxy groups -OCH3 is 1. The minimum atomic E-state index is -4.23.